The second-order valence-electron chi connectivity index (χ2n) is 7.89. The average Bonchev–Trinajstić information content (AvgIpc) is 2.54. The molecule has 0 N–H and O–H groups in total. The summed E-state index contributed by atoms with van der Waals surface area (Å²) in [5, 5.41) is 0. The smallest absolute Gasteiger partial charge is 0.0624 e. The van der Waals surface area contributed by atoms with Crippen molar-refractivity contribution in [2.24, 2.45) is 11.3 Å². The van der Waals surface area contributed by atoms with Crippen LogP contribution < -0.4 is 0 Å². The van der Waals surface area contributed by atoms with Crippen molar-refractivity contribution in [2.75, 3.05) is 13.2 Å². The van der Waals surface area contributed by atoms with Crippen LogP contribution in [0, 0.1) is 11.3 Å². The van der Waals surface area contributed by atoms with Gasteiger partial charge in [0.05, 0.1) is 6.61 Å². The van der Waals surface area contributed by atoms with E-state index in [0.29, 0.717) is 17.5 Å². The highest BCUT2D eigenvalue weighted by molar-refractivity contribution is 5.03. The van der Waals surface area contributed by atoms with E-state index < -0.39 is 0 Å². The van der Waals surface area contributed by atoms with Gasteiger partial charge in [-0.2, -0.15) is 0 Å². The first kappa shape index (κ1) is 13.4. The molecule has 0 aliphatic carbocycles. The molecular formula is C15H29NO. The van der Waals surface area contributed by atoms with Crippen molar-refractivity contribution >= 4 is 0 Å². The Bertz CT molecular complexity index is 274. The first-order valence-corrected chi connectivity index (χ1v) is 7.07. The lowest BCUT2D eigenvalue weighted by molar-refractivity contribution is -0.0380. The molecule has 100 valence electrons. The van der Waals surface area contributed by atoms with Crippen molar-refractivity contribution in [3.63, 3.8) is 0 Å². The zero-order valence-corrected chi connectivity index (χ0v) is 12.4. The SMILES string of the molecule is CC(C)(C)C1CC2CCOCC2N1C(C)(C)C. The van der Waals surface area contributed by atoms with E-state index in [1.165, 1.54) is 12.8 Å². The molecule has 0 amide bonds. The number of hydrogen-bond donors (Lipinski definition) is 0. The van der Waals surface area contributed by atoms with Crippen LogP contribution in [0.2, 0.25) is 0 Å². The third kappa shape index (κ3) is 2.53. The van der Waals surface area contributed by atoms with E-state index in [1.807, 2.05) is 0 Å². The Balaban J connectivity index is 2.27. The monoisotopic (exact) mass is 239 g/mol. The molecule has 0 saturated carbocycles. The molecule has 0 bridgehead atoms. The summed E-state index contributed by atoms with van der Waals surface area (Å²) in [7, 11) is 0. The quantitative estimate of drug-likeness (QED) is 0.643. The molecule has 2 aliphatic rings. The van der Waals surface area contributed by atoms with Gasteiger partial charge >= 0.3 is 0 Å². The topological polar surface area (TPSA) is 12.5 Å². The molecule has 0 radical (unpaired) electrons. The second-order valence-corrected chi connectivity index (χ2v) is 7.89. The predicted molar refractivity (Wildman–Crippen MR) is 72.2 cm³/mol. The van der Waals surface area contributed by atoms with Gasteiger partial charge in [0.15, 0.2) is 0 Å². The van der Waals surface area contributed by atoms with Gasteiger partial charge in [-0.15, -0.1) is 0 Å². The van der Waals surface area contributed by atoms with E-state index in [0.717, 1.165) is 19.1 Å². The molecule has 17 heavy (non-hydrogen) atoms. The van der Waals surface area contributed by atoms with Gasteiger partial charge in [0, 0.05) is 24.2 Å². The van der Waals surface area contributed by atoms with Crippen molar-refractivity contribution in [2.45, 2.75) is 72.0 Å². The minimum absolute atomic E-state index is 0.248. The maximum absolute atomic E-state index is 5.73. The van der Waals surface area contributed by atoms with E-state index in [1.54, 1.807) is 0 Å². The van der Waals surface area contributed by atoms with Crippen LogP contribution >= 0.6 is 0 Å². The van der Waals surface area contributed by atoms with Crippen LogP contribution in [0.4, 0.5) is 0 Å². The Labute approximate surface area is 107 Å². The molecule has 2 heteroatoms. The lowest BCUT2D eigenvalue weighted by Crippen LogP contribution is -2.55. The average molecular weight is 239 g/mol. The maximum Gasteiger partial charge on any atom is 0.0624 e. The number of nitrogens with zero attached hydrogens (tertiary/aromatic N) is 1. The largest absolute Gasteiger partial charge is 0.380 e. The van der Waals surface area contributed by atoms with Crippen molar-refractivity contribution in [1.29, 1.82) is 0 Å². The van der Waals surface area contributed by atoms with Crippen molar-refractivity contribution in [1.82, 2.24) is 4.90 Å². The zero-order valence-electron chi connectivity index (χ0n) is 12.4. The van der Waals surface area contributed by atoms with Crippen LogP contribution in [-0.4, -0.2) is 35.7 Å². The molecule has 2 aliphatic heterocycles. The molecule has 0 aromatic heterocycles. The summed E-state index contributed by atoms with van der Waals surface area (Å²) in [5.74, 6) is 0.854. The summed E-state index contributed by atoms with van der Waals surface area (Å²) < 4.78 is 5.73. The van der Waals surface area contributed by atoms with Gasteiger partial charge in [0.2, 0.25) is 0 Å². The van der Waals surface area contributed by atoms with Crippen molar-refractivity contribution in [3.8, 4) is 0 Å². The van der Waals surface area contributed by atoms with Gasteiger partial charge in [-0.3, -0.25) is 4.90 Å². The van der Waals surface area contributed by atoms with Gasteiger partial charge in [0.1, 0.15) is 0 Å². The Morgan fingerprint density at radius 2 is 1.71 bits per heavy atom. The summed E-state index contributed by atoms with van der Waals surface area (Å²) in [4.78, 5) is 2.75. The fourth-order valence-electron chi connectivity index (χ4n) is 3.72. The highest BCUT2D eigenvalue weighted by Gasteiger charge is 2.50. The highest BCUT2D eigenvalue weighted by atomic mass is 16.5. The number of fused-ring (bicyclic) bond motifs is 1. The van der Waals surface area contributed by atoms with E-state index in [-0.39, 0.29) is 5.54 Å². The summed E-state index contributed by atoms with van der Waals surface area (Å²) in [6.45, 7) is 16.1. The van der Waals surface area contributed by atoms with Gasteiger partial charge in [-0.05, 0) is 44.9 Å². The first-order valence-electron chi connectivity index (χ1n) is 7.07. The van der Waals surface area contributed by atoms with E-state index >= 15 is 0 Å². The van der Waals surface area contributed by atoms with Gasteiger partial charge in [-0.25, -0.2) is 0 Å². The third-order valence-electron chi connectivity index (χ3n) is 4.46. The molecule has 2 saturated heterocycles. The molecule has 2 rings (SSSR count). The number of likely N-dealkylation sites (tertiary alicyclic amines) is 1. The van der Waals surface area contributed by atoms with E-state index in [2.05, 4.69) is 46.4 Å². The summed E-state index contributed by atoms with van der Waals surface area (Å²) >= 11 is 0. The lowest BCUT2D eigenvalue weighted by atomic mass is 9.82. The van der Waals surface area contributed by atoms with Crippen molar-refractivity contribution in [3.05, 3.63) is 0 Å². The summed E-state index contributed by atoms with van der Waals surface area (Å²) in [5.41, 5.74) is 0.614. The molecule has 2 heterocycles. The fourth-order valence-corrected chi connectivity index (χ4v) is 3.72. The van der Waals surface area contributed by atoms with Crippen LogP contribution in [0.15, 0.2) is 0 Å². The predicted octanol–water partition coefficient (Wildman–Crippen LogP) is 3.31. The molecule has 3 atom stereocenters. The lowest BCUT2D eigenvalue weighted by Gasteiger charge is -2.46. The molecule has 0 aromatic rings. The van der Waals surface area contributed by atoms with Gasteiger partial charge < -0.3 is 4.74 Å². The third-order valence-corrected chi connectivity index (χ3v) is 4.46. The number of hydrogen-bond acceptors (Lipinski definition) is 2. The standard InChI is InChI=1S/C15H29NO/c1-14(2,3)13-9-11-7-8-17-10-12(11)16(13)15(4,5)6/h11-13H,7-10H2,1-6H3. The van der Waals surface area contributed by atoms with E-state index in [4.69, 9.17) is 4.74 Å². The van der Waals surface area contributed by atoms with Gasteiger partial charge in [0.25, 0.3) is 0 Å². The normalized spacial score (nSPS) is 36.0. The molecule has 3 unspecified atom stereocenters. The van der Waals surface area contributed by atoms with Crippen LogP contribution in [0.3, 0.4) is 0 Å². The molecular weight excluding hydrogens is 210 g/mol. The Morgan fingerprint density at radius 3 is 2.24 bits per heavy atom. The van der Waals surface area contributed by atoms with Crippen LogP contribution in [-0.2, 0) is 4.74 Å². The number of rotatable bonds is 0. The fraction of sp³-hybridized carbons (Fsp3) is 1.00. The van der Waals surface area contributed by atoms with Crippen LogP contribution in [0.25, 0.3) is 0 Å². The van der Waals surface area contributed by atoms with E-state index in [9.17, 15) is 0 Å². The minimum Gasteiger partial charge on any atom is -0.380 e. The second kappa shape index (κ2) is 4.24. The molecule has 0 aromatic carbocycles. The van der Waals surface area contributed by atoms with Crippen LogP contribution in [0.5, 0.6) is 0 Å². The van der Waals surface area contributed by atoms with Gasteiger partial charge in [-0.1, -0.05) is 20.8 Å². The minimum atomic E-state index is 0.248. The zero-order chi connectivity index (χ0) is 12.8. The summed E-state index contributed by atoms with van der Waals surface area (Å²) in [6.07, 6.45) is 2.61. The highest BCUT2D eigenvalue weighted by Crippen LogP contribution is 2.45. The number of ether oxygens (including phenoxy) is 1. The Morgan fingerprint density at radius 1 is 1.06 bits per heavy atom. The van der Waals surface area contributed by atoms with Crippen molar-refractivity contribution < 1.29 is 4.74 Å². The summed E-state index contributed by atoms with van der Waals surface area (Å²) in [6, 6.07) is 1.34. The first-order chi connectivity index (χ1) is 7.71. The Hall–Kier alpha value is -0.0800. The molecule has 0 spiro atoms. The van der Waals surface area contributed by atoms with Crippen LogP contribution in [0.1, 0.15) is 54.4 Å². The molecule has 2 nitrogen and oxygen atoms in total. The molecule has 2 fully saturated rings. The maximum atomic E-state index is 5.73. The Kier molecular flexibility index (Phi) is 3.33.